The van der Waals surface area contributed by atoms with E-state index >= 15 is 0 Å². The van der Waals surface area contributed by atoms with Crippen LogP contribution in [0.3, 0.4) is 0 Å². The zero-order valence-electron chi connectivity index (χ0n) is 7.03. The number of benzene rings is 1. The van der Waals surface area contributed by atoms with E-state index in [2.05, 4.69) is 0 Å². The molecule has 0 aromatic heterocycles. The molecule has 5 heteroatoms. The summed E-state index contributed by atoms with van der Waals surface area (Å²) >= 11 is 5.69. The minimum absolute atomic E-state index is 0.149. The van der Waals surface area contributed by atoms with Crippen LogP contribution in [0.5, 0.6) is 5.75 Å². The third-order valence-corrected chi connectivity index (χ3v) is 1.75. The van der Waals surface area contributed by atoms with Crippen LogP contribution in [0, 0.1) is 11.3 Å². The van der Waals surface area contributed by atoms with Crippen LogP contribution in [0.2, 0.25) is 5.02 Å². The summed E-state index contributed by atoms with van der Waals surface area (Å²) in [6, 6.07) is 6.45. The molecule has 0 saturated heterocycles. The van der Waals surface area contributed by atoms with Gasteiger partial charge in [-0.2, -0.15) is 5.26 Å². The van der Waals surface area contributed by atoms with Gasteiger partial charge in [0.15, 0.2) is 6.61 Å². The number of hydrogen-bond acceptors (Lipinski definition) is 3. The molecule has 0 aliphatic carbocycles. The fourth-order valence-corrected chi connectivity index (χ4v) is 1.08. The number of hydrogen-bond donors (Lipinski definition) is 1. The Morgan fingerprint density at radius 2 is 2.36 bits per heavy atom. The third-order valence-electron chi connectivity index (χ3n) is 1.44. The monoisotopic (exact) mass is 211 g/mol. The fraction of sp³-hybridized carbons (Fsp3) is 0.111. The van der Waals surface area contributed by atoms with Gasteiger partial charge in [0, 0.05) is 0 Å². The van der Waals surface area contributed by atoms with Gasteiger partial charge in [-0.05, 0) is 12.1 Å². The Kier molecular flexibility index (Phi) is 3.32. The van der Waals surface area contributed by atoms with Crippen LogP contribution < -0.4 is 4.74 Å². The molecular formula is C9H6ClNO3. The number of rotatable bonds is 3. The van der Waals surface area contributed by atoms with Crippen molar-refractivity contribution in [2.45, 2.75) is 0 Å². The molecule has 0 amide bonds. The topological polar surface area (TPSA) is 70.3 Å². The highest BCUT2D eigenvalue weighted by Crippen LogP contribution is 2.25. The lowest BCUT2D eigenvalue weighted by Crippen LogP contribution is -2.10. The van der Waals surface area contributed by atoms with Gasteiger partial charge >= 0.3 is 5.97 Å². The molecule has 0 unspecified atom stereocenters. The van der Waals surface area contributed by atoms with Crippen LogP contribution in [0.4, 0.5) is 0 Å². The maximum absolute atomic E-state index is 10.2. The SMILES string of the molecule is N#Cc1c(Cl)cccc1OCC(=O)O. The van der Waals surface area contributed by atoms with Gasteiger partial charge in [-0.1, -0.05) is 17.7 Å². The van der Waals surface area contributed by atoms with E-state index in [1.165, 1.54) is 12.1 Å². The van der Waals surface area contributed by atoms with E-state index in [4.69, 9.17) is 26.7 Å². The first kappa shape index (κ1) is 10.4. The Hall–Kier alpha value is -1.73. The second-order valence-electron chi connectivity index (χ2n) is 2.41. The molecule has 1 N–H and O–H groups in total. The van der Waals surface area contributed by atoms with Gasteiger partial charge in [0.05, 0.1) is 5.02 Å². The van der Waals surface area contributed by atoms with Crippen LogP contribution in [0.15, 0.2) is 18.2 Å². The van der Waals surface area contributed by atoms with Gasteiger partial charge in [0.25, 0.3) is 0 Å². The molecule has 0 saturated carbocycles. The van der Waals surface area contributed by atoms with Gasteiger partial charge in [-0.25, -0.2) is 4.79 Å². The average molecular weight is 212 g/mol. The van der Waals surface area contributed by atoms with E-state index in [0.717, 1.165) is 0 Å². The summed E-state index contributed by atoms with van der Waals surface area (Å²) in [5.41, 5.74) is 0.149. The molecule has 1 aromatic rings. The van der Waals surface area contributed by atoms with Crippen LogP contribution in [-0.4, -0.2) is 17.7 Å². The number of carboxylic acid groups (broad SMARTS) is 1. The number of aliphatic carboxylic acids is 1. The van der Waals surface area contributed by atoms with E-state index in [0.29, 0.717) is 0 Å². The molecule has 72 valence electrons. The van der Waals surface area contributed by atoms with Crippen molar-refractivity contribution in [3.05, 3.63) is 28.8 Å². The van der Waals surface area contributed by atoms with Crippen molar-refractivity contribution in [2.75, 3.05) is 6.61 Å². The zero-order valence-corrected chi connectivity index (χ0v) is 7.78. The largest absolute Gasteiger partial charge is 0.480 e. The van der Waals surface area contributed by atoms with Crippen molar-refractivity contribution >= 4 is 17.6 Å². The van der Waals surface area contributed by atoms with Crippen LogP contribution >= 0.6 is 11.6 Å². The highest BCUT2D eigenvalue weighted by Gasteiger charge is 2.08. The molecule has 0 radical (unpaired) electrons. The summed E-state index contributed by atoms with van der Waals surface area (Å²) in [5.74, 6) is -0.920. The minimum atomic E-state index is -1.10. The van der Waals surface area contributed by atoms with E-state index in [1.807, 2.05) is 6.07 Å². The predicted octanol–water partition coefficient (Wildman–Crippen LogP) is 1.68. The lowest BCUT2D eigenvalue weighted by molar-refractivity contribution is -0.139. The van der Waals surface area contributed by atoms with Gasteiger partial charge in [0.1, 0.15) is 17.4 Å². The van der Waals surface area contributed by atoms with Gasteiger partial charge < -0.3 is 9.84 Å². The Morgan fingerprint density at radius 3 is 2.93 bits per heavy atom. The maximum Gasteiger partial charge on any atom is 0.341 e. The molecule has 1 rings (SSSR count). The first-order valence-corrected chi connectivity index (χ1v) is 4.06. The standard InChI is InChI=1S/C9H6ClNO3/c10-7-2-1-3-8(6(7)4-11)14-5-9(12)13/h1-3H,5H2,(H,12,13). The molecule has 0 bridgehead atoms. The summed E-state index contributed by atoms with van der Waals surface area (Å²) < 4.78 is 4.86. The minimum Gasteiger partial charge on any atom is -0.480 e. The van der Waals surface area contributed by atoms with Crippen LogP contribution in [0.1, 0.15) is 5.56 Å². The lowest BCUT2D eigenvalue weighted by atomic mass is 10.2. The first-order chi connectivity index (χ1) is 6.65. The molecular weight excluding hydrogens is 206 g/mol. The van der Waals surface area contributed by atoms with E-state index in [-0.39, 0.29) is 16.3 Å². The highest BCUT2D eigenvalue weighted by atomic mass is 35.5. The Morgan fingerprint density at radius 1 is 1.64 bits per heavy atom. The van der Waals surface area contributed by atoms with Gasteiger partial charge in [0.2, 0.25) is 0 Å². The zero-order chi connectivity index (χ0) is 10.6. The van der Waals surface area contributed by atoms with Crippen molar-refractivity contribution in [2.24, 2.45) is 0 Å². The second-order valence-corrected chi connectivity index (χ2v) is 2.81. The first-order valence-electron chi connectivity index (χ1n) is 3.68. The smallest absolute Gasteiger partial charge is 0.341 e. The van der Waals surface area contributed by atoms with E-state index in [9.17, 15) is 4.79 Å². The third kappa shape index (κ3) is 2.38. The quantitative estimate of drug-likeness (QED) is 0.826. The predicted molar refractivity (Wildman–Crippen MR) is 49.3 cm³/mol. The molecule has 1 aromatic carbocycles. The Labute approximate surface area is 85.3 Å². The Balaban J connectivity index is 2.92. The summed E-state index contributed by atoms with van der Waals surface area (Å²) in [7, 11) is 0. The van der Waals surface area contributed by atoms with Crippen molar-refractivity contribution in [1.29, 1.82) is 5.26 Å². The number of nitrogens with zero attached hydrogens (tertiary/aromatic N) is 1. The molecule has 0 fully saturated rings. The molecule has 0 aliphatic heterocycles. The van der Waals surface area contributed by atoms with Crippen molar-refractivity contribution in [3.8, 4) is 11.8 Å². The van der Waals surface area contributed by atoms with Crippen LogP contribution in [-0.2, 0) is 4.79 Å². The normalized spacial score (nSPS) is 9.14. The molecule has 4 nitrogen and oxygen atoms in total. The van der Waals surface area contributed by atoms with Crippen molar-refractivity contribution < 1.29 is 14.6 Å². The van der Waals surface area contributed by atoms with Gasteiger partial charge in [-0.3, -0.25) is 0 Å². The Bertz CT molecular complexity index is 398. The summed E-state index contributed by atoms with van der Waals surface area (Å²) in [6.07, 6.45) is 0. The number of carboxylic acids is 1. The van der Waals surface area contributed by atoms with E-state index < -0.39 is 12.6 Å². The van der Waals surface area contributed by atoms with E-state index in [1.54, 1.807) is 6.07 Å². The number of halogens is 1. The molecule has 0 aliphatic rings. The lowest BCUT2D eigenvalue weighted by Gasteiger charge is -2.05. The average Bonchev–Trinajstić information content (AvgIpc) is 2.14. The summed E-state index contributed by atoms with van der Waals surface area (Å²) in [4.78, 5) is 10.2. The maximum atomic E-state index is 10.2. The summed E-state index contributed by atoms with van der Waals surface area (Å²) in [6.45, 7) is -0.491. The molecule has 0 atom stereocenters. The second kappa shape index (κ2) is 4.49. The number of ether oxygens (including phenoxy) is 1. The van der Waals surface area contributed by atoms with Crippen molar-refractivity contribution in [3.63, 3.8) is 0 Å². The highest BCUT2D eigenvalue weighted by molar-refractivity contribution is 6.31. The van der Waals surface area contributed by atoms with Gasteiger partial charge in [-0.15, -0.1) is 0 Å². The number of nitriles is 1. The number of carbonyl (C=O) groups is 1. The van der Waals surface area contributed by atoms with Crippen molar-refractivity contribution in [1.82, 2.24) is 0 Å². The molecule has 0 heterocycles. The fourth-order valence-electron chi connectivity index (χ4n) is 0.873. The summed E-state index contributed by atoms with van der Waals surface area (Å²) in [5, 5.41) is 17.3. The molecule has 14 heavy (non-hydrogen) atoms. The molecule has 0 spiro atoms. The van der Waals surface area contributed by atoms with Crippen LogP contribution in [0.25, 0.3) is 0 Å².